The second-order valence-corrected chi connectivity index (χ2v) is 20.7. The number of phenolic OH excluding ortho intramolecular Hbond substituents is 1. The number of para-hydroxylation sites is 1. The molecule has 2 aromatic heterocycles. The summed E-state index contributed by atoms with van der Waals surface area (Å²) in [6, 6.07) is 16.3. The van der Waals surface area contributed by atoms with Crippen molar-refractivity contribution in [2.75, 3.05) is 73.6 Å². The Bertz CT molecular complexity index is 2580. The van der Waals surface area contributed by atoms with Crippen molar-refractivity contribution in [3.63, 3.8) is 0 Å². The number of piperazine rings is 2. The van der Waals surface area contributed by atoms with E-state index in [0.29, 0.717) is 66.3 Å². The van der Waals surface area contributed by atoms with Gasteiger partial charge in [-0.2, -0.15) is 0 Å². The molecule has 69 heavy (non-hydrogen) atoms. The lowest BCUT2D eigenvalue weighted by Crippen LogP contribution is -2.57. The number of piperidine rings is 1. The predicted molar refractivity (Wildman–Crippen MR) is 271 cm³/mol. The van der Waals surface area contributed by atoms with Gasteiger partial charge in [-0.05, 0) is 119 Å². The van der Waals surface area contributed by atoms with Crippen LogP contribution in [0.5, 0.6) is 5.75 Å². The molecule has 15 nitrogen and oxygen atoms in total. The number of phenols is 1. The fourth-order valence-corrected chi connectivity index (χ4v) is 12.7. The molecule has 368 valence electrons. The number of benzene rings is 2. The van der Waals surface area contributed by atoms with E-state index in [0.717, 1.165) is 106 Å². The Labute approximate surface area is 405 Å². The maximum absolute atomic E-state index is 15.8. The standard InChI is InChI=1S/C53H71FN12O3/c1-3-6-39-31-62(36-9-11-37(12-10-36)65-29-34(2)44-25-42(28-58-52(44)65)64-22-19-50(68)59-53(64)69)24-23-61(39)30-35-17-20-60(21-18-35)47-26-38(15-16-45(47)54)66-40-13-14-41(66)33-63(32-40)48(51(56)57)27-46(55)43-7-4-5-8-49(43)67/h4-5,7-8,15-16,25-29,35-37,39-41,67H,3,6,9-14,17-24,30-33,55-57H2,1-2H3,(H,59,68,69)/b46-27-. The quantitative estimate of drug-likeness (QED) is 0.0967. The van der Waals surface area contributed by atoms with Crippen molar-refractivity contribution >= 4 is 45.7 Å². The number of amides is 3. The Hall–Kier alpha value is -6.00. The van der Waals surface area contributed by atoms with Crippen molar-refractivity contribution in [2.24, 2.45) is 23.1 Å². The van der Waals surface area contributed by atoms with Gasteiger partial charge in [0.25, 0.3) is 0 Å². The van der Waals surface area contributed by atoms with Gasteiger partial charge >= 0.3 is 6.03 Å². The number of nitrogens with one attached hydrogen (secondary N) is 1. The van der Waals surface area contributed by atoms with E-state index in [-0.39, 0.29) is 47.8 Å². The second-order valence-electron chi connectivity index (χ2n) is 20.7. The van der Waals surface area contributed by atoms with Crippen LogP contribution in [0, 0.1) is 18.7 Å². The summed E-state index contributed by atoms with van der Waals surface area (Å²) in [7, 11) is 0. The van der Waals surface area contributed by atoms with Gasteiger partial charge in [-0.15, -0.1) is 0 Å². The Morgan fingerprint density at radius 2 is 1.58 bits per heavy atom. The van der Waals surface area contributed by atoms with E-state index in [9.17, 15) is 14.7 Å². The minimum atomic E-state index is -0.385. The van der Waals surface area contributed by atoms with Gasteiger partial charge in [0.2, 0.25) is 5.91 Å². The van der Waals surface area contributed by atoms with Crippen molar-refractivity contribution in [1.82, 2.24) is 29.6 Å². The fraction of sp³-hybridized carbons (Fsp3) is 0.528. The molecule has 16 heteroatoms. The van der Waals surface area contributed by atoms with E-state index < -0.39 is 0 Å². The summed E-state index contributed by atoms with van der Waals surface area (Å²) in [6.07, 6.45) is 17.2. The number of nitrogens with zero attached hydrogens (tertiary/aromatic N) is 8. The molecule has 6 fully saturated rings. The van der Waals surface area contributed by atoms with Gasteiger partial charge in [-0.1, -0.05) is 25.5 Å². The Morgan fingerprint density at radius 3 is 2.29 bits per heavy atom. The first-order valence-electron chi connectivity index (χ1n) is 25.6. The number of imide groups is 1. The highest BCUT2D eigenvalue weighted by molar-refractivity contribution is 6.06. The maximum atomic E-state index is 15.8. The van der Waals surface area contributed by atoms with E-state index in [1.807, 2.05) is 18.2 Å². The predicted octanol–water partition coefficient (Wildman–Crippen LogP) is 6.56. The molecule has 5 saturated heterocycles. The third-order valence-corrected chi connectivity index (χ3v) is 16.4. The van der Waals surface area contributed by atoms with Crippen LogP contribution in [0.3, 0.4) is 0 Å². The summed E-state index contributed by atoms with van der Waals surface area (Å²) in [5.41, 5.74) is 25.2. The third kappa shape index (κ3) is 9.53. The molecule has 2 bridgehead atoms. The number of rotatable bonds is 12. The van der Waals surface area contributed by atoms with Crippen LogP contribution < -0.4 is 37.2 Å². The molecule has 1 saturated carbocycles. The number of halogens is 1. The van der Waals surface area contributed by atoms with Gasteiger partial charge in [-0.25, -0.2) is 14.2 Å². The van der Waals surface area contributed by atoms with Crippen molar-refractivity contribution < 1.29 is 19.1 Å². The van der Waals surface area contributed by atoms with Crippen LogP contribution in [0.4, 0.5) is 26.2 Å². The monoisotopic (exact) mass is 943 g/mol. The number of aryl methyl sites for hydroxylation is 1. The first-order chi connectivity index (χ1) is 33.4. The highest BCUT2D eigenvalue weighted by atomic mass is 19.1. The van der Waals surface area contributed by atoms with Crippen LogP contribution in [0.2, 0.25) is 0 Å². The van der Waals surface area contributed by atoms with E-state index in [1.54, 1.807) is 41.4 Å². The van der Waals surface area contributed by atoms with Crippen LogP contribution in [-0.2, 0) is 4.79 Å². The lowest BCUT2D eigenvalue weighted by atomic mass is 9.88. The van der Waals surface area contributed by atoms with Gasteiger partial charge in [0.05, 0.1) is 23.3 Å². The number of carbonyl (C=O) groups is 2. The molecular weight excluding hydrogens is 872 g/mol. The van der Waals surface area contributed by atoms with Crippen molar-refractivity contribution in [3.8, 4) is 5.75 Å². The summed E-state index contributed by atoms with van der Waals surface area (Å²) < 4.78 is 18.1. The molecule has 6 aliphatic rings. The number of carbonyl (C=O) groups excluding carboxylic acids is 2. The largest absolute Gasteiger partial charge is 0.507 e. The zero-order chi connectivity index (χ0) is 47.9. The van der Waals surface area contributed by atoms with E-state index in [4.69, 9.17) is 22.2 Å². The number of pyridine rings is 1. The van der Waals surface area contributed by atoms with Gasteiger partial charge in [0.1, 0.15) is 23.0 Å². The molecule has 1 aliphatic carbocycles. The number of hydrogen-bond donors (Lipinski definition) is 5. The number of likely N-dealkylation sites (tertiary alicyclic amines) is 1. The molecule has 7 heterocycles. The van der Waals surface area contributed by atoms with Gasteiger partial charge < -0.3 is 41.6 Å². The lowest BCUT2D eigenvalue weighted by molar-refractivity contribution is -0.120. The normalized spacial score (nSPS) is 25.4. The SMILES string of the molecule is CCCC1CN(C2CCC(n3cc(C)c4cc(N5CCC(=O)NC5=O)cnc43)CC2)CCN1CC1CCN(c2cc(N3C4CCC3CN(C(/C=C(\N)c3ccccc3O)=C(N)N)C4)ccc2F)CC1. The number of aromatic hydroxyl groups is 1. The second kappa shape index (κ2) is 19.8. The Kier molecular flexibility index (Phi) is 13.4. The topological polar surface area (TPSA) is 182 Å². The number of fused-ring (bicyclic) bond motifs is 3. The molecular formula is C53H71FN12O3. The van der Waals surface area contributed by atoms with Gasteiger partial charge in [-0.3, -0.25) is 24.8 Å². The van der Waals surface area contributed by atoms with Gasteiger partial charge in [0, 0.05) is 124 Å². The average molecular weight is 943 g/mol. The van der Waals surface area contributed by atoms with Crippen molar-refractivity contribution in [2.45, 2.75) is 115 Å². The van der Waals surface area contributed by atoms with Crippen molar-refractivity contribution in [3.05, 3.63) is 95.5 Å². The average Bonchev–Trinajstić information content (AvgIpc) is 3.82. The highest BCUT2D eigenvalue weighted by Crippen LogP contribution is 2.41. The van der Waals surface area contributed by atoms with E-state index in [1.165, 1.54) is 25.7 Å². The summed E-state index contributed by atoms with van der Waals surface area (Å²) in [5.74, 6) is 0.490. The number of anilines is 3. The highest BCUT2D eigenvalue weighted by Gasteiger charge is 2.42. The number of urea groups is 1. The summed E-state index contributed by atoms with van der Waals surface area (Å²) in [6.45, 7) is 12.4. The van der Waals surface area contributed by atoms with Gasteiger partial charge in [0.15, 0.2) is 0 Å². The molecule has 3 unspecified atom stereocenters. The number of aromatic nitrogens is 2. The molecule has 0 spiro atoms. The lowest BCUT2D eigenvalue weighted by Gasteiger charge is -2.47. The molecule has 3 amide bonds. The summed E-state index contributed by atoms with van der Waals surface area (Å²) in [5, 5.41) is 13.9. The molecule has 2 aromatic carbocycles. The number of allylic oxidation sites excluding steroid dienone is 1. The molecule has 8 N–H and O–H groups in total. The minimum absolute atomic E-state index is 0.103. The van der Waals surface area contributed by atoms with Crippen molar-refractivity contribution in [1.29, 1.82) is 0 Å². The Balaban J connectivity index is 0.720. The first-order valence-corrected chi connectivity index (χ1v) is 25.6. The van der Waals surface area contributed by atoms with Crippen LogP contribution in [0.15, 0.2) is 78.5 Å². The van der Waals surface area contributed by atoms with Crippen LogP contribution in [0.1, 0.15) is 94.7 Å². The zero-order valence-electron chi connectivity index (χ0n) is 40.4. The smallest absolute Gasteiger partial charge is 0.328 e. The van der Waals surface area contributed by atoms with Crippen LogP contribution in [0.25, 0.3) is 16.7 Å². The zero-order valence-corrected chi connectivity index (χ0v) is 40.4. The van der Waals surface area contributed by atoms with E-state index >= 15 is 4.39 Å². The molecule has 0 radical (unpaired) electrons. The molecule has 3 atom stereocenters. The summed E-state index contributed by atoms with van der Waals surface area (Å²) in [4.78, 5) is 43.3. The van der Waals surface area contributed by atoms with E-state index in [2.05, 4.69) is 60.5 Å². The molecule has 10 rings (SSSR count). The minimum Gasteiger partial charge on any atom is -0.507 e. The first kappa shape index (κ1) is 46.7. The Morgan fingerprint density at radius 1 is 0.855 bits per heavy atom. The fourth-order valence-electron chi connectivity index (χ4n) is 12.7. The van der Waals surface area contributed by atoms with Crippen LogP contribution in [-0.4, -0.2) is 124 Å². The maximum Gasteiger partial charge on any atom is 0.328 e. The third-order valence-electron chi connectivity index (χ3n) is 16.4. The van der Waals surface area contributed by atoms with Crippen LogP contribution >= 0.6 is 0 Å². The number of hydrogen-bond acceptors (Lipinski definition) is 12. The summed E-state index contributed by atoms with van der Waals surface area (Å²) >= 11 is 0. The molecule has 4 aromatic rings. The number of nitrogens with two attached hydrogens (primary N) is 3. The molecule has 5 aliphatic heterocycles.